The number of thioether (sulfide) groups is 1. The maximum Gasteiger partial charge on any atom is 0.233 e. The number of hydrogen-bond acceptors (Lipinski definition) is 2. The van der Waals surface area contributed by atoms with Crippen molar-refractivity contribution in [3.8, 4) is 0 Å². The second kappa shape index (κ2) is 7.15. The van der Waals surface area contributed by atoms with Crippen LogP contribution in [0.3, 0.4) is 0 Å². The van der Waals surface area contributed by atoms with E-state index < -0.39 is 0 Å². The van der Waals surface area contributed by atoms with Crippen LogP contribution in [0.2, 0.25) is 0 Å². The molecule has 1 atom stereocenters. The van der Waals surface area contributed by atoms with Crippen molar-refractivity contribution in [2.45, 2.75) is 30.5 Å². The van der Waals surface area contributed by atoms with Crippen molar-refractivity contribution in [3.63, 3.8) is 0 Å². The Labute approximate surface area is 124 Å². The van der Waals surface area contributed by atoms with Crippen LogP contribution in [0.25, 0.3) is 0 Å². The Morgan fingerprint density at radius 1 is 1.15 bits per heavy atom. The molecule has 1 amide bonds. The van der Waals surface area contributed by atoms with Crippen LogP contribution in [-0.4, -0.2) is 11.2 Å². The maximum atomic E-state index is 12.1. The van der Waals surface area contributed by atoms with Gasteiger partial charge >= 0.3 is 0 Å². The van der Waals surface area contributed by atoms with Crippen LogP contribution in [-0.2, 0) is 11.3 Å². The zero-order valence-corrected chi connectivity index (χ0v) is 12.6. The molecule has 2 nitrogen and oxygen atoms in total. The lowest BCUT2D eigenvalue weighted by molar-refractivity contribution is -0.120. The van der Waals surface area contributed by atoms with Crippen molar-refractivity contribution in [1.29, 1.82) is 0 Å². The number of benzene rings is 2. The number of rotatable bonds is 5. The van der Waals surface area contributed by atoms with Gasteiger partial charge in [0.25, 0.3) is 0 Å². The standard InChI is InChI=1S/C17H19NOS/c1-13-7-6-8-15(11-13)12-18-17(19)14(2)20-16-9-4-3-5-10-16/h3-11,14H,12H2,1-2H3,(H,18,19)/t14-/m0/s1. The lowest BCUT2D eigenvalue weighted by Gasteiger charge is -2.12. The van der Waals surface area contributed by atoms with E-state index in [1.165, 1.54) is 5.56 Å². The molecule has 2 rings (SSSR count). The molecule has 0 aliphatic carbocycles. The Hall–Kier alpha value is -1.74. The lowest BCUT2D eigenvalue weighted by atomic mass is 10.1. The van der Waals surface area contributed by atoms with Gasteiger partial charge < -0.3 is 5.32 Å². The molecule has 2 aromatic rings. The largest absolute Gasteiger partial charge is 0.351 e. The normalized spacial score (nSPS) is 11.9. The summed E-state index contributed by atoms with van der Waals surface area (Å²) in [7, 11) is 0. The van der Waals surface area contributed by atoms with Crippen LogP contribution in [0, 0.1) is 6.92 Å². The molecule has 2 aromatic carbocycles. The van der Waals surface area contributed by atoms with E-state index in [0.29, 0.717) is 6.54 Å². The first-order valence-corrected chi connectivity index (χ1v) is 7.58. The summed E-state index contributed by atoms with van der Waals surface area (Å²) in [5, 5.41) is 2.89. The number of carbonyl (C=O) groups excluding carboxylic acids is 1. The van der Waals surface area contributed by atoms with Crippen LogP contribution in [0.15, 0.2) is 59.5 Å². The molecule has 3 heteroatoms. The quantitative estimate of drug-likeness (QED) is 0.847. The molecule has 0 radical (unpaired) electrons. The highest BCUT2D eigenvalue weighted by molar-refractivity contribution is 8.00. The SMILES string of the molecule is Cc1cccc(CNC(=O)[C@H](C)Sc2ccccc2)c1. The fourth-order valence-corrected chi connectivity index (χ4v) is 2.82. The Kier molecular flexibility index (Phi) is 5.24. The number of carbonyl (C=O) groups is 1. The maximum absolute atomic E-state index is 12.1. The van der Waals surface area contributed by atoms with E-state index in [9.17, 15) is 4.79 Å². The van der Waals surface area contributed by atoms with Gasteiger partial charge in [0.15, 0.2) is 0 Å². The number of hydrogen-bond donors (Lipinski definition) is 1. The minimum absolute atomic E-state index is 0.0698. The van der Waals surface area contributed by atoms with E-state index >= 15 is 0 Å². The summed E-state index contributed by atoms with van der Waals surface area (Å²) in [6.07, 6.45) is 0. The second-order valence-electron chi connectivity index (χ2n) is 4.78. The van der Waals surface area contributed by atoms with Gasteiger partial charge in [-0.05, 0) is 31.5 Å². The van der Waals surface area contributed by atoms with Gasteiger partial charge in [-0.2, -0.15) is 0 Å². The van der Waals surface area contributed by atoms with E-state index in [2.05, 4.69) is 24.4 Å². The summed E-state index contributed by atoms with van der Waals surface area (Å²) in [6.45, 7) is 4.57. The van der Waals surface area contributed by atoms with Crippen LogP contribution in [0.5, 0.6) is 0 Å². The van der Waals surface area contributed by atoms with Crippen LogP contribution in [0.4, 0.5) is 0 Å². The molecule has 104 valence electrons. The zero-order valence-electron chi connectivity index (χ0n) is 11.8. The van der Waals surface area contributed by atoms with Crippen LogP contribution >= 0.6 is 11.8 Å². The Morgan fingerprint density at radius 2 is 1.90 bits per heavy atom. The van der Waals surface area contributed by atoms with E-state index in [1.54, 1.807) is 11.8 Å². The number of aryl methyl sites for hydroxylation is 1. The van der Waals surface area contributed by atoms with Gasteiger partial charge in [-0.15, -0.1) is 11.8 Å². The van der Waals surface area contributed by atoms with Gasteiger partial charge in [0.2, 0.25) is 5.91 Å². The second-order valence-corrected chi connectivity index (χ2v) is 6.19. The van der Waals surface area contributed by atoms with E-state index in [0.717, 1.165) is 10.5 Å². The third kappa shape index (κ3) is 4.42. The monoisotopic (exact) mass is 285 g/mol. The van der Waals surface area contributed by atoms with Gasteiger partial charge in [-0.3, -0.25) is 4.79 Å². The molecule has 0 aliphatic heterocycles. The molecule has 1 N–H and O–H groups in total. The van der Waals surface area contributed by atoms with Gasteiger partial charge in [0.05, 0.1) is 5.25 Å². The van der Waals surface area contributed by atoms with Crippen molar-refractivity contribution in [1.82, 2.24) is 5.32 Å². The molecule has 0 saturated heterocycles. The molecular weight excluding hydrogens is 266 g/mol. The summed E-state index contributed by atoms with van der Waals surface area (Å²) in [5.41, 5.74) is 2.35. The molecule has 0 aliphatic rings. The van der Waals surface area contributed by atoms with Crippen molar-refractivity contribution < 1.29 is 4.79 Å². The Balaban J connectivity index is 1.85. The molecule has 0 heterocycles. The molecule has 0 bridgehead atoms. The average molecular weight is 285 g/mol. The van der Waals surface area contributed by atoms with Crippen molar-refractivity contribution in [3.05, 3.63) is 65.7 Å². The van der Waals surface area contributed by atoms with Gasteiger partial charge in [0, 0.05) is 11.4 Å². The highest BCUT2D eigenvalue weighted by Crippen LogP contribution is 2.22. The Bertz CT molecular complexity index is 568. The first kappa shape index (κ1) is 14.7. The number of amides is 1. The third-order valence-electron chi connectivity index (χ3n) is 2.97. The third-order valence-corrected chi connectivity index (χ3v) is 4.09. The fourth-order valence-electron chi connectivity index (χ4n) is 1.91. The first-order chi connectivity index (χ1) is 9.65. The molecule has 0 fully saturated rings. The summed E-state index contributed by atoms with van der Waals surface area (Å²) < 4.78 is 0. The lowest BCUT2D eigenvalue weighted by Crippen LogP contribution is -2.30. The van der Waals surface area contributed by atoms with Gasteiger partial charge in [-0.25, -0.2) is 0 Å². The summed E-state index contributed by atoms with van der Waals surface area (Å²) in [4.78, 5) is 13.2. The molecule has 0 spiro atoms. The highest BCUT2D eigenvalue weighted by Gasteiger charge is 2.13. The average Bonchev–Trinajstić information content (AvgIpc) is 2.46. The molecule has 0 unspecified atom stereocenters. The van der Waals surface area contributed by atoms with Crippen molar-refractivity contribution >= 4 is 17.7 Å². The summed E-state index contributed by atoms with van der Waals surface area (Å²) >= 11 is 1.58. The number of nitrogens with one attached hydrogen (secondary N) is 1. The minimum Gasteiger partial charge on any atom is -0.351 e. The summed E-state index contributed by atoms with van der Waals surface area (Å²) in [5.74, 6) is 0.0698. The van der Waals surface area contributed by atoms with Crippen molar-refractivity contribution in [2.75, 3.05) is 0 Å². The smallest absolute Gasteiger partial charge is 0.233 e. The van der Waals surface area contributed by atoms with Crippen molar-refractivity contribution in [2.24, 2.45) is 0 Å². The topological polar surface area (TPSA) is 29.1 Å². The fraction of sp³-hybridized carbons (Fsp3) is 0.235. The van der Waals surface area contributed by atoms with E-state index in [1.807, 2.05) is 49.4 Å². The van der Waals surface area contributed by atoms with E-state index in [-0.39, 0.29) is 11.2 Å². The van der Waals surface area contributed by atoms with E-state index in [4.69, 9.17) is 0 Å². The summed E-state index contributed by atoms with van der Waals surface area (Å²) in [6, 6.07) is 18.2. The van der Waals surface area contributed by atoms with Gasteiger partial charge in [-0.1, -0.05) is 48.0 Å². The molecular formula is C17H19NOS. The van der Waals surface area contributed by atoms with Crippen LogP contribution < -0.4 is 5.32 Å². The Morgan fingerprint density at radius 3 is 2.60 bits per heavy atom. The predicted octanol–water partition coefficient (Wildman–Crippen LogP) is 3.79. The van der Waals surface area contributed by atoms with Crippen LogP contribution in [0.1, 0.15) is 18.1 Å². The predicted molar refractivity (Wildman–Crippen MR) is 84.8 cm³/mol. The molecule has 0 saturated carbocycles. The first-order valence-electron chi connectivity index (χ1n) is 6.70. The molecule has 0 aromatic heterocycles. The van der Waals surface area contributed by atoms with Gasteiger partial charge in [0.1, 0.15) is 0 Å². The highest BCUT2D eigenvalue weighted by atomic mass is 32.2. The zero-order chi connectivity index (χ0) is 14.4. The minimum atomic E-state index is -0.0952. The molecule has 20 heavy (non-hydrogen) atoms.